The van der Waals surface area contributed by atoms with Gasteiger partial charge in [-0.05, 0) is 73.8 Å². The zero-order valence-electron chi connectivity index (χ0n) is 17.5. The van der Waals surface area contributed by atoms with E-state index in [0.717, 1.165) is 23.2 Å². The van der Waals surface area contributed by atoms with Gasteiger partial charge in [-0.25, -0.2) is 4.90 Å². The molecule has 5 heteroatoms. The molecule has 2 aromatic carbocycles. The Morgan fingerprint density at radius 3 is 2.26 bits per heavy atom. The second-order valence-electron chi connectivity index (χ2n) is 9.49. The van der Waals surface area contributed by atoms with E-state index < -0.39 is 0 Å². The van der Waals surface area contributed by atoms with Gasteiger partial charge in [-0.1, -0.05) is 35.9 Å². The van der Waals surface area contributed by atoms with Crippen LogP contribution in [0.15, 0.2) is 54.6 Å². The molecule has 5 nitrogen and oxygen atoms in total. The lowest BCUT2D eigenvalue weighted by atomic mass is 9.63. The number of aryl methyl sites for hydroxylation is 2. The third-order valence-electron chi connectivity index (χ3n) is 7.66. The van der Waals surface area contributed by atoms with Crippen LogP contribution in [-0.4, -0.2) is 17.7 Å². The first kappa shape index (κ1) is 18.6. The van der Waals surface area contributed by atoms with E-state index in [-0.39, 0.29) is 41.4 Å². The molecule has 0 spiro atoms. The van der Waals surface area contributed by atoms with E-state index in [0.29, 0.717) is 23.1 Å². The van der Waals surface area contributed by atoms with Crippen LogP contribution in [0.4, 0.5) is 11.4 Å². The van der Waals surface area contributed by atoms with Crippen LogP contribution in [0.1, 0.15) is 27.9 Å². The third kappa shape index (κ3) is 2.65. The van der Waals surface area contributed by atoms with Crippen LogP contribution in [-0.2, 0) is 9.59 Å². The Hall–Kier alpha value is -3.21. The highest BCUT2D eigenvalue weighted by molar-refractivity contribution is 6.23. The Balaban J connectivity index is 1.28. The fourth-order valence-electron chi connectivity index (χ4n) is 6.15. The summed E-state index contributed by atoms with van der Waals surface area (Å²) >= 11 is 0. The molecular formula is C26H24N2O3. The Morgan fingerprint density at radius 2 is 1.61 bits per heavy atom. The van der Waals surface area contributed by atoms with E-state index in [2.05, 4.69) is 17.5 Å². The molecule has 2 saturated carbocycles. The van der Waals surface area contributed by atoms with Crippen LogP contribution in [0.2, 0.25) is 0 Å². The van der Waals surface area contributed by atoms with Crippen molar-refractivity contribution in [2.24, 2.45) is 35.5 Å². The number of carbonyl (C=O) groups excluding carboxylic acids is 3. The fraction of sp³-hybridized carbons (Fsp3) is 0.346. The lowest BCUT2D eigenvalue weighted by molar-refractivity contribution is -0.124. The van der Waals surface area contributed by atoms with Gasteiger partial charge in [0.05, 0.1) is 17.5 Å². The Labute approximate surface area is 181 Å². The summed E-state index contributed by atoms with van der Waals surface area (Å²) in [6.45, 7) is 3.96. The summed E-state index contributed by atoms with van der Waals surface area (Å²) in [7, 11) is 0. The van der Waals surface area contributed by atoms with Crippen molar-refractivity contribution in [2.45, 2.75) is 20.3 Å². The summed E-state index contributed by atoms with van der Waals surface area (Å²) in [5.41, 5.74) is 3.79. The summed E-state index contributed by atoms with van der Waals surface area (Å²) in [6, 6.07) is 12.7. The molecule has 3 fully saturated rings. The van der Waals surface area contributed by atoms with Gasteiger partial charge >= 0.3 is 0 Å². The molecule has 0 radical (unpaired) electrons. The molecule has 156 valence electrons. The summed E-state index contributed by atoms with van der Waals surface area (Å²) < 4.78 is 0. The van der Waals surface area contributed by atoms with Crippen molar-refractivity contribution in [3.05, 3.63) is 71.3 Å². The van der Waals surface area contributed by atoms with Crippen molar-refractivity contribution in [1.82, 2.24) is 0 Å². The molecule has 0 unspecified atom stereocenters. The highest BCUT2D eigenvalue weighted by Gasteiger charge is 2.67. The number of nitrogens with zero attached hydrogens (tertiary/aromatic N) is 1. The molecule has 6 atom stereocenters. The van der Waals surface area contributed by atoms with E-state index in [4.69, 9.17) is 0 Å². The van der Waals surface area contributed by atoms with Crippen LogP contribution in [0, 0.1) is 49.4 Å². The Morgan fingerprint density at radius 1 is 0.935 bits per heavy atom. The van der Waals surface area contributed by atoms with Gasteiger partial charge in [0.15, 0.2) is 0 Å². The second-order valence-corrected chi connectivity index (χ2v) is 9.49. The summed E-state index contributed by atoms with van der Waals surface area (Å²) in [6.07, 6.45) is 5.48. The number of amides is 3. The van der Waals surface area contributed by atoms with Crippen LogP contribution in [0.3, 0.4) is 0 Å². The number of carbonyl (C=O) groups is 3. The van der Waals surface area contributed by atoms with E-state index in [1.54, 1.807) is 24.3 Å². The molecule has 5 aliphatic rings. The molecule has 31 heavy (non-hydrogen) atoms. The number of allylic oxidation sites excluding steroid dienone is 2. The minimum atomic E-state index is -0.256. The molecule has 1 N–H and O–H groups in total. The van der Waals surface area contributed by atoms with Crippen molar-refractivity contribution in [2.75, 3.05) is 10.2 Å². The zero-order valence-corrected chi connectivity index (χ0v) is 17.5. The quantitative estimate of drug-likeness (QED) is 0.609. The van der Waals surface area contributed by atoms with Crippen molar-refractivity contribution < 1.29 is 14.4 Å². The Kier molecular flexibility index (Phi) is 3.83. The van der Waals surface area contributed by atoms with E-state index >= 15 is 0 Å². The summed E-state index contributed by atoms with van der Waals surface area (Å²) in [4.78, 5) is 40.9. The van der Waals surface area contributed by atoms with Crippen molar-refractivity contribution in [3.63, 3.8) is 0 Å². The maximum atomic E-state index is 13.3. The second kappa shape index (κ2) is 6.39. The van der Waals surface area contributed by atoms with Crippen molar-refractivity contribution in [3.8, 4) is 0 Å². The first-order chi connectivity index (χ1) is 14.9. The summed E-state index contributed by atoms with van der Waals surface area (Å²) in [5.74, 6) is 0.588. The predicted octanol–water partition coefficient (Wildman–Crippen LogP) is 4.11. The molecular weight excluding hydrogens is 388 g/mol. The lowest BCUT2D eigenvalue weighted by Gasteiger charge is -2.37. The number of hydrogen-bond donors (Lipinski definition) is 1. The van der Waals surface area contributed by atoms with E-state index in [1.807, 2.05) is 32.0 Å². The largest absolute Gasteiger partial charge is 0.322 e. The minimum Gasteiger partial charge on any atom is -0.322 e. The molecule has 7 rings (SSSR count). The number of anilines is 2. The van der Waals surface area contributed by atoms with Gasteiger partial charge in [0.1, 0.15) is 0 Å². The smallest absolute Gasteiger partial charge is 0.255 e. The fourth-order valence-corrected chi connectivity index (χ4v) is 6.15. The van der Waals surface area contributed by atoms with E-state index in [9.17, 15) is 14.4 Å². The first-order valence-corrected chi connectivity index (χ1v) is 11.0. The molecule has 3 amide bonds. The molecule has 1 heterocycles. The average Bonchev–Trinajstić information content (AvgIpc) is 3.53. The van der Waals surface area contributed by atoms with Gasteiger partial charge in [-0.15, -0.1) is 0 Å². The zero-order chi connectivity index (χ0) is 21.4. The minimum absolute atomic E-state index is 0.105. The van der Waals surface area contributed by atoms with Gasteiger partial charge in [0, 0.05) is 11.3 Å². The third-order valence-corrected chi connectivity index (χ3v) is 7.66. The first-order valence-electron chi connectivity index (χ1n) is 11.0. The SMILES string of the molecule is Cc1ccc(NC(=O)c2cccc(N3C(=O)[C@H]4[C@@H]5C=C[C@H]([C@H]6C[C@H]56)[C@@H]4C3=O)c2)c(C)c1. The van der Waals surface area contributed by atoms with Gasteiger partial charge in [0.25, 0.3) is 5.91 Å². The highest BCUT2D eigenvalue weighted by Crippen LogP contribution is 2.65. The number of nitrogens with one attached hydrogen (secondary N) is 1. The standard InChI is InChI=1S/C26H24N2O3/c1-13-6-9-21(14(2)10-13)27-24(29)15-4-3-5-16(11-15)28-25(30)22-17-7-8-18(20-12-19(17)20)23(22)26(28)31/h3-11,17-20,22-23H,12H2,1-2H3,(H,27,29)/t17-,18-,19-,20-,22+,23+/m1/s1. The van der Waals surface area contributed by atoms with Crippen LogP contribution >= 0.6 is 0 Å². The lowest BCUT2D eigenvalue weighted by Crippen LogP contribution is -2.40. The molecule has 2 aromatic rings. The maximum absolute atomic E-state index is 13.3. The maximum Gasteiger partial charge on any atom is 0.255 e. The topological polar surface area (TPSA) is 66.5 Å². The number of hydrogen-bond acceptors (Lipinski definition) is 3. The predicted molar refractivity (Wildman–Crippen MR) is 118 cm³/mol. The van der Waals surface area contributed by atoms with Crippen LogP contribution in [0.5, 0.6) is 0 Å². The molecule has 2 bridgehead atoms. The van der Waals surface area contributed by atoms with Gasteiger partial charge in [-0.3, -0.25) is 14.4 Å². The Bertz CT molecular complexity index is 1150. The van der Waals surface area contributed by atoms with Gasteiger partial charge in [0.2, 0.25) is 11.8 Å². The molecule has 4 aliphatic carbocycles. The molecule has 1 saturated heterocycles. The number of imide groups is 1. The monoisotopic (exact) mass is 412 g/mol. The molecule has 0 aromatic heterocycles. The van der Waals surface area contributed by atoms with Crippen LogP contribution < -0.4 is 10.2 Å². The normalized spacial score (nSPS) is 32.1. The van der Waals surface area contributed by atoms with Crippen LogP contribution in [0.25, 0.3) is 0 Å². The number of benzene rings is 2. The molecule has 1 aliphatic heterocycles. The average molecular weight is 412 g/mol. The van der Waals surface area contributed by atoms with Crippen molar-refractivity contribution >= 4 is 29.1 Å². The van der Waals surface area contributed by atoms with Gasteiger partial charge in [-0.2, -0.15) is 0 Å². The highest BCUT2D eigenvalue weighted by atomic mass is 16.2. The summed E-state index contributed by atoms with van der Waals surface area (Å²) in [5, 5.41) is 2.94. The van der Waals surface area contributed by atoms with E-state index in [1.165, 1.54) is 4.90 Å². The van der Waals surface area contributed by atoms with Gasteiger partial charge < -0.3 is 5.32 Å². The van der Waals surface area contributed by atoms with Crippen molar-refractivity contribution in [1.29, 1.82) is 0 Å². The number of rotatable bonds is 3.